The van der Waals surface area contributed by atoms with Crippen LogP contribution in [0.5, 0.6) is 0 Å². The Labute approximate surface area is 99.2 Å². The number of aliphatic hydroxyl groups is 1. The van der Waals surface area contributed by atoms with E-state index in [1.807, 2.05) is 29.0 Å². The molecule has 5 heteroatoms. The van der Waals surface area contributed by atoms with Crippen molar-refractivity contribution in [3.8, 4) is 0 Å². The molecule has 1 amide bonds. The van der Waals surface area contributed by atoms with E-state index in [1.54, 1.807) is 13.8 Å². The molecule has 1 atom stereocenters. The third-order valence-corrected chi connectivity index (χ3v) is 3.72. The molecule has 1 saturated heterocycles. The molecular formula is C12H15N2O3+. The zero-order valence-electron chi connectivity index (χ0n) is 9.88. The summed E-state index contributed by atoms with van der Waals surface area (Å²) in [6, 6.07) is 5.77. The summed E-state index contributed by atoms with van der Waals surface area (Å²) in [6.45, 7) is 4.18. The quantitative estimate of drug-likeness (QED) is 0.662. The summed E-state index contributed by atoms with van der Waals surface area (Å²) < 4.78 is 7.21. The van der Waals surface area contributed by atoms with Gasteiger partial charge in [0.25, 0.3) is 0 Å². The number of carbonyl (C=O) groups is 1. The van der Waals surface area contributed by atoms with E-state index in [0.29, 0.717) is 13.1 Å². The van der Waals surface area contributed by atoms with E-state index < -0.39 is 17.4 Å². The molecule has 2 aliphatic heterocycles. The van der Waals surface area contributed by atoms with E-state index in [2.05, 4.69) is 0 Å². The van der Waals surface area contributed by atoms with E-state index in [0.717, 1.165) is 5.69 Å². The molecule has 1 fully saturated rings. The van der Waals surface area contributed by atoms with Gasteiger partial charge in [-0.3, -0.25) is 4.90 Å². The third kappa shape index (κ3) is 1.23. The number of cyclic esters (lactones) is 1. The molecular weight excluding hydrogens is 220 g/mol. The van der Waals surface area contributed by atoms with Crippen LogP contribution >= 0.6 is 0 Å². The van der Waals surface area contributed by atoms with E-state index in [-0.39, 0.29) is 0 Å². The number of nitrogens with zero attached hydrogens (tertiary/aromatic N) is 2. The topological polar surface area (TPSA) is 53.7 Å². The van der Waals surface area contributed by atoms with Crippen molar-refractivity contribution in [3.63, 3.8) is 0 Å². The van der Waals surface area contributed by atoms with E-state index in [4.69, 9.17) is 4.74 Å². The maximum atomic E-state index is 11.8. The van der Waals surface area contributed by atoms with Crippen molar-refractivity contribution >= 4 is 6.09 Å². The Balaban J connectivity index is 2.11. The van der Waals surface area contributed by atoms with Crippen LogP contribution in [0.25, 0.3) is 0 Å². The van der Waals surface area contributed by atoms with Crippen LogP contribution in [-0.2, 0) is 17.8 Å². The summed E-state index contributed by atoms with van der Waals surface area (Å²) in [5, 5.41) is 10.7. The Hall–Kier alpha value is -1.62. The zero-order chi connectivity index (χ0) is 12.3. The van der Waals surface area contributed by atoms with Crippen LogP contribution in [0.1, 0.15) is 19.5 Å². The highest BCUT2D eigenvalue weighted by atomic mass is 16.6. The van der Waals surface area contributed by atoms with Crippen LogP contribution in [-0.4, -0.2) is 27.4 Å². The summed E-state index contributed by atoms with van der Waals surface area (Å²) in [5.74, 6) is 0. The van der Waals surface area contributed by atoms with Gasteiger partial charge in [-0.1, -0.05) is 6.07 Å². The molecule has 0 radical (unpaired) electrons. The summed E-state index contributed by atoms with van der Waals surface area (Å²) in [5.41, 5.74) is -1.18. The first-order valence-electron chi connectivity index (χ1n) is 5.64. The molecule has 0 spiro atoms. The number of aromatic nitrogens is 1. The molecule has 1 aromatic rings. The monoisotopic (exact) mass is 235 g/mol. The lowest BCUT2D eigenvalue weighted by molar-refractivity contribution is -0.733. The number of rotatable bonds is 0. The minimum Gasteiger partial charge on any atom is -0.438 e. The van der Waals surface area contributed by atoms with Crippen molar-refractivity contribution in [2.24, 2.45) is 0 Å². The van der Waals surface area contributed by atoms with Crippen LogP contribution in [0.3, 0.4) is 0 Å². The molecule has 0 bridgehead atoms. The molecule has 3 heterocycles. The van der Waals surface area contributed by atoms with Crippen LogP contribution in [0, 0.1) is 0 Å². The molecule has 0 aromatic carbocycles. The predicted octanol–water partition coefficient (Wildman–Crippen LogP) is 0.407. The van der Waals surface area contributed by atoms with Crippen molar-refractivity contribution in [2.45, 2.75) is 38.3 Å². The highest BCUT2D eigenvalue weighted by Crippen LogP contribution is 2.39. The fourth-order valence-corrected chi connectivity index (χ4v) is 2.51. The number of hydrogen-bond donors (Lipinski definition) is 1. The van der Waals surface area contributed by atoms with Gasteiger partial charge in [0.2, 0.25) is 11.4 Å². The van der Waals surface area contributed by atoms with Gasteiger partial charge >= 0.3 is 6.09 Å². The first-order chi connectivity index (χ1) is 7.94. The first-order valence-corrected chi connectivity index (χ1v) is 5.64. The van der Waals surface area contributed by atoms with Gasteiger partial charge in [0.1, 0.15) is 6.54 Å². The second-order valence-electron chi connectivity index (χ2n) is 5.10. The summed E-state index contributed by atoms with van der Waals surface area (Å²) in [6.07, 6.45) is 1.45. The lowest BCUT2D eigenvalue weighted by atomic mass is 9.92. The van der Waals surface area contributed by atoms with Gasteiger partial charge in [0.15, 0.2) is 18.3 Å². The standard InChI is InChI=1S/C12H15N2O3/c1-11(2)12(16)8-13-6-4-3-5-9(13)7-14(12)10(15)17-11/h3-6,16H,7-8H2,1-2H3/q+1. The van der Waals surface area contributed by atoms with Gasteiger partial charge in [0, 0.05) is 12.1 Å². The van der Waals surface area contributed by atoms with Crippen molar-refractivity contribution in [1.82, 2.24) is 4.90 Å². The fourth-order valence-electron chi connectivity index (χ4n) is 2.51. The Morgan fingerprint density at radius 1 is 1.47 bits per heavy atom. The van der Waals surface area contributed by atoms with E-state index in [1.165, 1.54) is 4.90 Å². The van der Waals surface area contributed by atoms with Gasteiger partial charge in [0.05, 0.1) is 0 Å². The van der Waals surface area contributed by atoms with Crippen LogP contribution in [0.4, 0.5) is 4.79 Å². The van der Waals surface area contributed by atoms with Gasteiger partial charge in [-0.15, -0.1) is 0 Å². The second-order valence-corrected chi connectivity index (χ2v) is 5.10. The lowest BCUT2D eigenvalue weighted by Crippen LogP contribution is -2.68. The van der Waals surface area contributed by atoms with Gasteiger partial charge in [-0.05, 0) is 13.8 Å². The van der Waals surface area contributed by atoms with Crippen LogP contribution in [0.15, 0.2) is 24.4 Å². The third-order valence-electron chi connectivity index (χ3n) is 3.72. The van der Waals surface area contributed by atoms with Gasteiger partial charge < -0.3 is 9.84 Å². The number of pyridine rings is 1. The van der Waals surface area contributed by atoms with Crippen molar-refractivity contribution < 1.29 is 19.2 Å². The smallest absolute Gasteiger partial charge is 0.413 e. The number of carbonyl (C=O) groups excluding carboxylic acids is 1. The minimum atomic E-state index is -1.27. The average Bonchev–Trinajstić information content (AvgIpc) is 2.43. The van der Waals surface area contributed by atoms with Crippen molar-refractivity contribution in [1.29, 1.82) is 0 Å². The van der Waals surface area contributed by atoms with Crippen LogP contribution in [0.2, 0.25) is 0 Å². The summed E-state index contributed by atoms with van der Waals surface area (Å²) >= 11 is 0. The summed E-state index contributed by atoms with van der Waals surface area (Å²) in [4.78, 5) is 13.2. The fraction of sp³-hybridized carbons (Fsp3) is 0.500. The number of fused-ring (bicyclic) bond motifs is 2. The molecule has 1 N–H and O–H groups in total. The molecule has 3 rings (SSSR count). The van der Waals surface area contributed by atoms with E-state index >= 15 is 0 Å². The van der Waals surface area contributed by atoms with Crippen LogP contribution < -0.4 is 4.57 Å². The highest BCUT2D eigenvalue weighted by molar-refractivity contribution is 5.72. The number of hydrogen-bond acceptors (Lipinski definition) is 3. The molecule has 1 aromatic heterocycles. The Morgan fingerprint density at radius 3 is 3.00 bits per heavy atom. The second kappa shape index (κ2) is 2.98. The van der Waals surface area contributed by atoms with E-state index in [9.17, 15) is 9.90 Å². The molecule has 17 heavy (non-hydrogen) atoms. The molecule has 2 aliphatic rings. The number of amides is 1. The van der Waals surface area contributed by atoms with Gasteiger partial charge in [-0.25, -0.2) is 4.79 Å². The molecule has 5 nitrogen and oxygen atoms in total. The molecule has 0 saturated carbocycles. The van der Waals surface area contributed by atoms with Gasteiger partial charge in [-0.2, -0.15) is 4.57 Å². The van der Waals surface area contributed by atoms with Crippen molar-refractivity contribution in [2.75, 3.05) is 0 Å². The largest absolute Gasteiger partial charge is 0.438 e. The Morgan fingerprint density at radius 2 is 2.24 bits per heavy atom. The lowest BCUT2D eigenvalue weighted by Gasteiger charge is -2.38. The SMILES string of the molecule is CC1(C)OC(=O)N2Cc3cccc[n+]3CC21O. The maximum absolute atomic E-state index is 11.8. The first kappa shape index (κ1) is 10.5. The van der Waals surface area contributed by atoms with Crippen molar-refractivity contribution in [3.05, 3.63) is 30.1 Å². The highest BCUT2D eigenvalue weighted by Gasteiger charge is 2.64. The normalized spacial score (nSPS) is 29.6. The Bertz CT molecular complexity index is 500. The predicted molar refractivity (Wildman–Crippen MR) is 57.7 cm³/mol. The number of ether oxygens (including phenoxy) is 1. The Kier molecular flexibility index (Phi) is 1.85. The molecule has 90 valence electrons. The maximum Gasteiger partial charge on any atom is 0.413 e. The minimum absolute atomic E-state index is 0.335. The average molecular weight is 235 g/mol. The molecule has 0 aliphatic carbocycles. The zero-order valence-corrected chi connectivity index (χ0v) is 9.88. The summed E-state index contributed by atoms with van der Waals surface area (Å²) in [7, 11) is 0. The molecule has 1 unspecified atom stereocenters.